The van der Waals surface area contributed by atoms with Crippen LogP contribution in [-0.4, -0.2) is 5.48 Å². The Bertz CT molecular complexity index is 6.00. The molecule has 0 aliphatic carbocycles. The van der Waals surface area contributed by atoms with Gasteiger partial charge in [-0.3, -0.25) is 0 Å². The fourth-order valence-corrected chi connectivity index (χ4v) is 0. The van der Waals surface area contributed by atoms with Crippen LogP contribution in [0.5, 0.6) is 0 Å². The molecule has 16 valence electrons. The van der Waals surface area contributed by atoms with Crippen molar-refractivity contribution in [1.29, 1.82) is 0 Å². The monoisotopic (exact) mass is 64.0 g/mol. The summed E-state index contributed by atoms with van der Waals surface area (Å²) in [6, 6.07) is 0. The quantitative estimate of drug-likeness (QED) is 0.251. The normalized spacial score (nSPS) is 0. The van der Waals surface area contributed by atoms with Crippen molar-refractivity contribution >= 4 is 13.5 Å². The molecule has 0 fully saturated rings. The van der Waals surface area contributed by atoms with Crippen molar-refractivity contribution in [2.75, 3.05) is 0 Å². The minimum atomic E-state index is 0. The van der Waals surface area contributed by atoms with Gasteiger partial charge in [0.2, 0.25) is 0 Å². The summed E-state index contributed by atoms with van der Waals surface area (Å²) in [5.41, 5.74) is 0. The SMILES string of the molecule is O.[Li+].[Li+].[S-2]. The zero-order valence-corrected chi connectivity index (χ0v) is 3.72. The smallest absolute Gasteiger partial charge is 1.00 e. The third kappa shape index (κ3) is 9.71. The van der Waals surface area contributed by atoms with Crippen LogP contribution < -0.4 is 37.7 Å². The summed E-state index contributed by atoms with van der Waals surface area (Å²) in [5.74, 6) is 0. The van der Waals surface area contributed by atoms with Crippen LogP contribution in [0.15, 0.2) is 0 Å². The molecule has 0 unspecified atom stereocenters. The van der Waals surface area contributed by atoms with Crippen molar-refractivity contribution in [3.8, 4) is 0 Å². The van der Waals surface area contributed by atoms with Crippen LogP contribution in [-0.2, 0) is 13.5 Å². The molecule has 4 heteroatoms. The first-order valence-corrected chi connectivity index (χ1v) is 0. The predicted molar refractivity (Wildman–Crippen MR) is 11.0 cm³/mol. The van der Waals surface area contributed by atoms with E-state index < -0.39 is 0 Å². The molecule has 2 N–H and O–H groups in total. The molecule has 0 radical (unpaired) electrons. The van der Waals surface area contributed by atoms with Gasteiger partial charge in [0.15, 0.2) is 0 Å². The summed E-state index contributed by atoms with van der Waals surface area (Å²) in [7, 11) is 0. The molecule has 0 spiro atoms. The van der Waals surface area contributed by atoms with E-state index in [1.54, 1.807) is 0 Å². The third-order valence-electron chi connectivity index (χ3n) is 0. The van der Waals surface area contributed by atoms with Crippen LogP contribution >= 0.6 is 0 Å². The molecule has 0 aromatic carbocycles. The van der Waals surface area contributed by atoms with Crippen LogP contribution in [0, 0.1) is 0 Å². The molecule has 0 aliphatic heterocycles. The third-order valence-corrected chi connectivity index (χ3v) is 0. The van der Waals surface area contributed by atoms with E-state index in [2.05, 4.69) is 0 Å². The molecule has 4 heavy (non-hydrogen) atoms. The first kappa shape index (κ1) is 49.3. The summed E-state index contributed by atoms with van der Waals surface area (Å²) in [6.07, 6.45) is 0. The second-order valence-corrected chi connectivity index (χ2v) is 0. The Balaban J connectivity index is 0. The fraction of sp³-hybridized carbons (Fsp3) is 0. The predicted octanol–water partition coefficient (Wildman–Crippen LogP) is -6.82. The summed E-state index contributed by atoms with van der Waals surface area (Å²) in [6.45, 7) is 0. The van der Waals surface area contributed by atoms with E-state index in [0.717, 1.165) is 0 Å². The van der Waals surface area contributed by atoms with E-state index in [-0.39, 0.29) is 56.7 Å². The minimum Gasteiger partial charge on any atom is -2.00 e. The summed E-state index contributed by atoms with van der Waals surface area (Å²) in [5, 5.41) is 0. The molecule has 0 saturated heterocycles. The van der Waals surface area contributed by atoms with Crippen molar-refractivity contribution < 1.29 is 43.2 Å². The molecule has 0 heterocycles. The Hall–Kier alpha value is 1.50. The Morgan fingerprint density at radius 3 is 0.750 bits per heavy atom. The van der Waals surface area contributed by atoms with Gasteiger partial charge in [0.05, 0.1) is 0 Å². The molecular weight excluding hydrogens is 61.9 g/mol. The number of rotatable bonds is 0. The van der Waals surface area contributed by atoms with Gasteiger partial charge in [0.25, 0.3) is 0 Å². The first-order valence-electron chi connectivity index (χ1n) is 0. The average molecular weight is 64.0 g/mol. The maximum absolute atomic E-state index is 0. The van der Waals surface area contributed by atoms with E-state index in [1.165, 1.54) is 0 Å². The van der Waals surface area contributed by atoms with Gasteiger partial charge in [-0.15, -0.1) is 0 Å². The van der Waals surface area contributed by atoms with Crippen molar-refractivity contribution in [2.24, 2.45) is 0 Å². The van der Waals surface area contributed by atoms with Gasteiger partial charge in [-0.2, -0.15) is 0 Å². The largest absolute Gasteiger partial charge is 2.00 e. The molecular formula is H2Li2OS. The van der Waals surface area contributed by atoms with Crippen molar-refractivity contribution in [2.45, 2.75) is 0 Å². The van der Waals surface area contributed by atoms with Gasteiger partial charge in [-0.1, -0.05) is 0 Å². The van der Waals surface area contributed by atoms with Crippen LogP contribution in [0.4, 0.5) is 0 Å². The maximum Gasteiger partial charge on any atom is 1.00 e. The molecule has 0 aromatic heterocycles. The van der Waals surface area contributed by atoms with Crippen LogP contribution in [0.25, 0.3) is 0 Å². The van der Waals surface area contributed by atoms with Gasteiger partial charge in [0.1, 0.15) is 0 Å². The second kappa shape index (κ2) is 24.4. The Morgan fingerprint density at radius 1 is 0.750 bits per heavy atom. The molecule has 1 nitrogen and oxygen atoms in total. The van der Waals surface area contributed by atoms with E-state index in [0.29, 0.717) is 0 Å². The van der Waals surface area contributed by atoms with Crippen molar-refractivity contribution in [3.05, 3.63) is 0 Å². The van der Waals surface area contributed by atoms with E-state index in [1.807, 2.05) is 0 Å². The zero-order chi connectivity index (χ0) is 0. The van der Waals surface area contributed by atoms with Crippen molar-refractivity contribution in [1.82, 2.24) is 0 Å². The van der Waals surface area contributed by atoms with Crippen LogP contribution in [0.2, 0.25) is 0 Å². The molecule has 0 amide bonds. The van der Waals surface area contributed by atoms with E-state index in [4.69, 9.17) is 0 Å². The number of hydrogen-bond acceptors (Lipinski definition) is 0. The Kier molecular flexibility index (Phi) is 301. The molecule has 0 aromatic rings. The maximum atomic E-state index is 0. The van der Waals surface area contributed by atoms with Crippen LogP contribution in [0.3, 0.4) is 0 Å². The van der Waals surface area contributed by atoms with Crippen molar-refractivity contribution in [3.63, 3.8) is 0 Å². The summed E-state index contributed by atoms with van der Waals surface area (Å²) < 4.78 is 0. The molecule has 0 atom stereocenters. The van der Waals surface area contributed by atoms with E-state index in [9.17, 15) is 0 Å². The topological polar surface area (TPSA) is 31.5 Å². The minimum absolute atomic E-state index is 0. The molecule has 0 saturated carbocycles. The molecule has 0 rings (SSSR count). The summed E-state index contributed by atoms with van der Waals surface area (Å²) >= 11 is 0. The van der Waals surface area contributed by atoms with Gasteiger partial charge < -0.3 is 19.0 Å². The van der Waals surface area contributed by atoms with Gasteiger partial charge in [0, 0.05) is 0 Å². The number of hydrogen-bond donors (Lipinski definition) is 0. The summed E-state index contributed by atoms with van der Waals surface area (Å²) in [4.78, 5) is 0. The van der Waals surface area contributed by atoms with Gasteiger partial charge >= 0.3 is 37.7 Å². The standard InChI is InChI=1S/2Li.H2O.S/h;;1H2;/q2*+1;;-2. The molecule has 0 bridgehead atoms. The molecule has 0 aliphatic rings. The van der Waals surface area contributed by atoms with Crippen LogP contribution in [0.1, 0.15) is 0 Å². The first-order chi connectivity index (χ1) is 0. The van der Waals surface area contributed by atoms with Gasteiger partial charge in [-0.25, -0.2) is 0 Å². The zero-order valence-electron chi connectivity index (χ0n) is 2.91. The average Bonchev–Trinajstić information content (AvgIpc) is 0. The van der Waals surface area contributed by atoms with E-state index >= 15 is 0 Å². The second-order valence-electron chi connectivity index (χ2n) is 0. The Labute approximate surface area is 56.6 Å². The van der Waals surface area contributed by atoms with Gasteiger partial charge in [-0.05, 0) is 0 Å². The Morgan fingerprint density at radius 2 is 0.750 bits per heavy atom. The fourth-order valence-electron chi connectivity index (χ4n) is 0.